The first-order chi connectivity index (χ1) is 24.6. The maximum Gasteiger partial charge on any atom is 0.574 e. The second-order valence-corrected chi connectivity index (χ2v) is 11.0. The maximum atomic E-state index is 12.2. The quantitative estimate of drug-likeness (QED) is 0.211. The Kier molecular flexibility index (Phi) is 14.5. The topological polar surface area (TPSA) is 172 Å². The number of nitrogens with one attached hydrogen (secondary N) is 2. The van der Waals surface area contributed by atoms with Gasteiger partial charge in [0.2, 0.25) is 23.6 Å². The number of rotatable bonds is 11. The highest BCUT2D eigenvalue weighted by molar-refractivity contribution is 5.76. The zero-order valence-electron chi connectivity index (χ0n) is 28.6. The largest absolute Gasteiger partial charge is 0.574 e. The molecule has 0 radical (unpaired) electrons. The summed E-state index contributed by atoms with van der Waals surface area (Å²) >= 11 is 0. The molecule has 0 aliphatic heterocycles. The van der Waals surface area contributed by atoms with E-state index in [9.17, 15) is 41.1 Å². The van der Waals surface area contributed by atoms with Crippen molar-refractivity contribution in [3.05, 3.63) is 81.6 Å². The summed E-state index contributed by atoms with van der Waals surface area (Å²) in [6.07, 6.45) is 0.518. The molecule has 52 heavy (non-hydrogen) atoms. The average molecular weight is 737 g/mol. The van der Waals surface area contributed by atoms with Crippen molar-refractivity contribution in [2.24, 2.45) is 0 Å². The van der Waals surface area contributed by atoms with E-state index in [1.54, 1.807) is 6.92 Å². The first-order valence-corrected chi connectivity index (χ1v) is 16.0. The van der Waals surface area contributed by atoms with Gasteiger partial charge in [-0.2, -0.15) is 19.0 Å². The zero-order valence-corrected chi connectivity index (χ0v) is 28.6. The molecule has 4 aromatic rings. The van der Waals surface area contributed by atoms with Gasteiger partial charge < -0.3 is 20.1 Å². The Hall–Kier alpha value is -5.75. The number of carbonyl (C=O) groups excluding carboxylic acids is 2. The number of nitrogens with zero attached hydrogens (tertiary/aromatic N) is 6. The molecule has 0 aromatic carbocycles. The van der Waals surface area contributed by atoms with Crippen LogP contribution in [0.25, 0.3) is 22.5 Å². The molecular weight excluding hydrogens is 699 g/mol. The van der Waals surface area contributed by atoms with Gasteiger partial charge in [0.05, 0.1) is 11.4 Å². The minimum absolute atomic E-state index is 0.192. The molecule has 0 spiro atoms. The number of pyridine rings is 2. The second-order valence-electron chi connectivity index (χ2n) is 11.0. The molecule has 19 heteroatoms. The Balaban J connectivity index is 0.000000269. The van der Waals surface area contributed by atoms with Gasteiger partial charge >= 0.3 is 13.0 Å². The van der Waals surface area contributed by atoms with Crippen LogP contribution in [0.2, 0.25) is 0 Å². The van der Waals surface area contributed by atoms with E-state index in [2.05, 4.69) is 40.3 Å². The summed E-state index contributed by atoms with van der Waals surface area (Å²) in [4.78, 5) is 54.7. The van der Waals surface area contributed by atoms with E-state index in [1.165, 1.54) is 48.7 Å². The highest BCUT2D eigenvalue weighted by atomic mass is 19.4. The number of hydrogen-bond donors (Lipinski definition) is 2. The molecule has 0 bridgehead atoms. The van der Waals surface area contributed by atoms with E-state index in [-0.39, 0.29) is 42.0 Å². The van der Waals surface area contributed by atoms with Crippen molar-refractivity contribution in [3.63, 3.8) is 0 Å². The summed E-state index contributed by atoms with van der Waals surface area (Å²) in [5, 5.41) is 13.6. The lowest BCUT2D eigenvalue weighted by molar-refractivity contribution is -0.276. The summed E-state index contributed by atoms with van der Waals surface area (Å²) in [6, 6.07) is 10.5. The number of halogens is 5. The molecular formula is C33H37F5N8O6. The summed E-state index contributed by atoms with van der Waals surface area (Å²) in [5.74, 6) is -1.49. The molecule has 1 saturated carbocycles. The van der Waals surface area contributed by atoms with E-state index in [4.69, 9.17) is 0 Å². The van der Waals surface area contributed by atoms with Crippen LogP contribution in [0.3, 0.4) is 0 Å². The van der Waals surface area contributed by atoms with Crippen LogP contribution in [0.1, 0.15) is 47.0 Å². The number of alkyl halides is 5. The summed E-state index contributed by atoms with van der Waals surface area (Å²) in [5.41, 5.74) is 0.459. The van der Waals surface area contributed by atoms with Crippen molar-refractivity contribution in [1.82, 2.24) is 40.2 Å². The van der Waals surface area contributed by atoms with Gasteiger partial charge in [-0.3, -0.25) is 19.2 Å². The Morgan fingerprint density at radius 3 is 1.73 bits per heavy atom. The molecule has 280 valence electrons. The Bertz CT molecular complexity index is 1900. The highest BCUT2D eigenvalue weighted by Gasteiger charge is 2.33. The standard InChI is InChI=1S/C17H18F2N4O3.C14H13F3N4O3.C2H6/c1-17(7-2-8-17)21-13(24)10-23-15(25)6-4-12(22-23)11-3-5-14(20-9-11)26-16(18)19;1-2-18-11(22)8-21-13(23)6-4-10(20-21)9-3-5-12(19-7-9)24-14(15,16)17;1-2/h3-6,9,16H,2,7-8,10H2,1H3,(H,21,24);3-7H,2,8H2,1H3,(H,18,22);1-2H3. The van der Waals surface area contributed by atoms with E-state index < -0.39 is 30.0 Å². The molecule has 2 amide bonds. The monoisotopic (exact) mass is 736 g/mol. The number of ether oxygens (including phenoxy) is 2. The van der Waals surface area contributed by atoms with Gasteiger partial charge in [0, 0.05) is 59.9 Å². The lowest BCUT2D eigenvalue weighted by Crippen LogP contribution is -2.52. The molecule has 2 N–H and O–H groups in total. The molecule has 0 atom stereocenters. The normalized spacial score (nSPS) is 13.0. The second kappa shape index (κ2) is 18.5. The van der Waals surface area contributed by atoms with Crippen molar-refractivity contribution in [3.8, 4) is 34.3 Å². The highest BCUT2D eigenvalue weighted by Crippen LogP contribution is 2.30. The van der Waals surface area contributed by atoms with Crippen LogP contribution in [0.15, 0.2) is 70.5 Å². The van der Waals surface area contributed by atoms with Crippen molar-refractivity contribution < 1.29 is 41.0 Å². The SMILES string of the molecule is CC.CC1(NC(=O)Cn2nc(-c3ccc(OC(F)F)nc3)ccc2=O)CCC1.CCNC(=O)Cn1nc(-c2ccc(OC(F)(F)F)nc2)ccc1=O. The summed E-state index contributed by atoms with van der Waals surface area (Å²) < 4.78 is 70.5. The number of likely N-dealkylation sites (N-methyl/N-ethyl adjacent to an activating group) is 1. The molecule has 1 aliphatic rings. The average Bonchev–Trinajstić information content (AvgIpc) is 3.07. The number of carbonyl (C=O) groups is 2. The number of aromatic nitrogens is 6. The third kappa shape index (κ3) is 12.5. The Labute approximate surface area is 294 Å². The van der Waals surface area contributed by atoms with Gasteiger partial charge in [-0.05, 0) is 57.4 Å². The summed E-state index contributed by atoms with van der Waals surface area (Å²) in [7, 11) is 0. The van der Waals surface area contributed by atoms with Crippen LogP contribution >= 0.6 is 0 Å². The van der Waals surface area contributed by atoms with Crippen LogP contribution in [0.5, 0.6) is 11.8 Å². The first-order valence-electron chi connectivity index (χ1n) is 16.0. The van der Waals surface area contributed by atoms with Crippen LogP contribution < -0.4 is 31.2 Å². The van der Waals surface area contributed by atoms with E-state index >= 15 is 0 Å². The Morgan fingerprint density at radius 1 is 0.827 bits per heavy atom. The molecule has 1 aliphatic carbocycles. The van der Waals surface area contributed by atoms with Crippen LogP contribution in [0, 0.1) is 0 Å². The smallest absolute Gasteiger partial charge is 0.417 e. The van der Waals surface area contributed by atoms with Crippen molar-refractivity contribution in [2.45, 2.75) is 78.6 Å². The minimum Gasteiger partial charge on any atom is -0.417 e. The molecule has 4 heterocycles. The predicted octanol–water partition coefficient (Wildman–Crippen LogP) is 4.33. The van der Waals surface area contributed by atoms with E-state index in [1.807, 2.05) is 20.8 Å². The van der Waals surface area contributed by atoms with Gasteiger partial charge in [-0.25, -0.2) is 19.3 Å². The van der Waals surface area contributed by atoms with Gasteiger partial charge in [0.15, 0.2) is 0 Å². The fourth-order valence-corrected chi connectivity index (χ4v) is 4.57. The molecule has 0 unspecified atom stereocenters. The molecule has 0 saturated heterocycles. The van der Waals surface area contributed by atoms with Gasteiger partial charge in [-0.15, -0.1) is 13.2 Å². The zero-order chi connectivity index (χ0) is 38.5. The Morgan fingerprint density at radius 2 is 1.33 bits per heavy atom. The van der Waals surface area contributed by atoms with Crippen molar-refractivity contribution in [2.75, 3.05) is 6.54 Å². The third-order valence-corrected chi connectivity index (χ3v) is 7.09. The first kappa shape index (κ1) is 40.7. The molecule has 14 nitrogen and oxygen atoms in total. The number of amides is 2. The van der Waals surface area contributed by atoms with E-state index in [0.717, 1.165) is 40.9 Å². The fraction of sp³-hybridized carbons (Fsp3) is 0.394. The van der Waals surface area contributed by atoms with Crippen molar-refractivity contribution in [1.29, 1.82) is 0 Å². The van der Waals surface area contributed by atoms with Gasteiger partial charge in [0.1, 0.15) is 13.1 Å². The van der Waals surface area contributed by atoms with Gasteiger partial charge in [-0.1, -0.05) is 13.8 Å². The lowest BCUT2D eigenvalue weighted by Gasteiger charge is -2.39. The molecule has 5 rings (SSSR count). The molecule has 1 fully saturated rings. The third-order valence-electron chi connectivity index (χ3n) is 7.09. The lowest BCUT2D eigenvalue weighted by atomic mass is 9.78. The number of hydrogen-bond acceptors (Lipinski definition) is 10. The maximum absolute atomic E-state index is 12.2. The van der Waals surface area contributed by atoms with Crippen LogP contribution in [0.4, 0.5) is 22.0 Å². The van der Waals surface area contributed by atoms with Gasteiger partial charge in [0.25, 0.3) is 11.1 Å². The fourth-order valence-electron chi connectivity index (χ4n) is 4.57. The summed E-state index contributed by atoms with van der Waals surface area (Å²) in [6.45, 7) is 4.71. The van der Waals surface area contributed by atoms with E-state index in [0.29, 0.717) is 23.4 Å². The molecule has 4 aromatic heterocycles. The van der Waals surface area contributed by atoms with Crippen LogP contribution in [-0.4, -0.2) is 66.4 Å². The van der Waals surface area contributed by atoms with Crippen LogP contribution in [-0.2, 0) is 22.7 Å². The predicted molar refractivity (Wildman–Crippen MR) is 177 cm³/mol. The minimum atomic E-state index is -4.83. The van der Waals surface area contributed by atoms with Crippen molar-refractivity contribution >= 4 is 11.8 Å².